The Morgan fingerprint density at radius 2 is 2.00 bits per heavy atom. The van der Waals surface area contributed by atoms with Crippen molar-refractivity contribution in [1.29, 1.82) is 0 Å². The molecule has 1 amide bonds. The van der Waals surface area contributed by atoms with Crippen molar-refractivity contribution in [3.05, 3.63) is 70.4 Å². The minimum Gasteiger partial charge on any atom is -0.497 e. The van der Waals surface area contributed by atoms with E-state index in [9.17, 15) is 4.79 Å². The Bertz CT molecular complexity index is 1070. The molecule has 1 atom stereocenters. The summed E-state index contributed by atoms with van der Waals surface area (Å²) in [4.78, 5) is 24.2. The smallest absolute Gasteiger partial charge is 0.222 e. The lowest BCUT2D eigenvalue weighted by Gasteiger charge is -2.29. The van der Waals surface area contributed by atoms with Crippen LogP contribution >= 0.6 is 11.6 Å². The molecule has 1 aliphatic heterocycles. The van der Waals surface area contributed by atoms with Crippen LogP contribution in [0, 0.1) is 0 Å². The van der Waals surface area contributed by atoms with Gasteiger partial charge in [0.25, 0.3) is 0 Å². The molecular formula is C25H29ClN4O2. The highest BCUT2D eigenvalue weighted by atomic mass is 35.5. The Kier molecular flexibility index (Phi) is 7.70. The number of nitrogens with zero attached hydrogens (tertiary/aromatic N) is 3. The van der Waals surface area contributed by atoms with Crippen molar-refractivity contribution in [2.24, 2.45) is 9.98 Å². The van der Waals surface area contributed by atoms with Crippen LogP contribution in [0.1, 0.15) is 37.8 Å². The number of methoxy groups -OCH3 is 1. The van der Waals surface area contributed by atoms with Crippen LogP contribution in [0.4, 0.5) is 5.69 Å². The second-order valence-corrected chi connectivity index (χ2v) is 7.87. The molecule has 1 unspecified atom stereocenters. The van der Waals surface area contributed by atoms with Gasteiger partial charge in [-0.3, -0.25) is 14.8 Å². The van der Waals surface area contributed by atoms with Crippen LogP contribution in [0.15, 0.2) is 64.2 Å². The first-order chi connectivity index (χ1) is 15.4. The van der Waals surface area contributed by atoms with E-state index in [1.807, 2.05) is 49.4 Å². The highest BCUT2D eigenvalue weighted by Gasteiger charge is 2.32. The van der Waals surface area contributed by atoms with Gasteiger partial charge < -0.3 is 15.0 Å². The molecule has 0 bridgehead atoms. The summed E-state index contributed by atoms with van der Waals surface area (Å²) in [5, 5.41) is 3.36. The number of amides is 1. The second-order valence-electron chi connectivity index (χ2n) is 7.43. The number of carbonyl (C=O) groups is 1. The number of benzene rings is 2. The number of aliphatic imine (C=N–C) groups is 2. The van der Waals surface area contributed by atoms with E-state index in [1.165, 1.54) is 0 Å². The van der Waals surface area contributed by atoms with Crippen LogP contribution in [-0.4, -0.2) is 44.7 Å². The van der Waals surface area contributed by atoms with Crippen molar-refractivity contribution in [3.63, 3.8) is 0 Å². The molecule has 0 saturated carbocycles. The van der Waals surface area contributed by atoms with Crippen LogP contribution in [0.2, 0.25) is 5.02 Å². The number of amidine groups is 1. The van der Waals surface area contributed by atoms with Gasteiger partial charge in [0.1, 0.15) is 17.6 Å². The standard InChI is InChI=1S/C25H29ClN4O2/c1-6-7-16(2)30-22-13-12-19(32-5)14-20(22)24(17-8-10-18(26)11-9-17)29-21(25(30)28-4)15-23(31)27-3/h7-14,21H,6,15H2,1-5H3,(H,27,31). The van der Waals surface area contributed by atoms with Gasteiger partial charge in [-0.15, -0.1) is 0 Å². The minimum absolute atomic E-state index is 0.101. The summed E-state index contributed by atoms with van der Waals surface area (Å²) in [5.41, 5.74) is 4.52. The first-order valence-corrected chi connectivity index (χ1v) is 11.0. The van der Waals surface area contributed by atoms with Gasteiger partial charge in [-0.05, 0) is 43.7 Å². The normalized spacial score (nSPS) is 17.5. The van der Waals surface area contributed by atoms with Gasteiger partial charge in [-0.2, -0.15) is 0 Å². The lowest BCUT2D eigenvalue weighted by Crippen LogP contribution is -2.39. The molecule has 0 radical (unpaired) electrons. The highest BCUT2D eigenvalue weighted by Crippen LogP contribution is 2.35. The second kappa shape index (κ2) is 10.5. The molecule has 0 aliphatic carbocycles. The van der Waals surface area contributed by atoms with Crippen molar-refractivity contribution in [2.45, 2.75) is 32.7 Å². The lowest BCUT2D eigenvalue weighted by atomic mass is 9.99. The molecule has 0 fully saturated rings. The van der Waals surface area contributed by atoms with E-state index < -0.39 is 6.04 Å². The van der Waals surface area contributed by atoms with E-state index in [0.717, 1.165) is 40.4 Å². The van der Waals surface area contributed by atoms with Crippen LogP contribution in [0.25, 0.3) is 0 Å². The van der Waals surface area contributed by atoms with E-state index in [1.54, 1.807) is 21.2 Å². The largest absolute Gasteiger partial charge is 0.497 e. The number of ether oxygens (including phenoxy) is 1. The number of rotatable bonds is 6. The molecule has 3 rings (SSSR count). The third kappa shape index (κ3) is 4.86. The Morgan fingerprint density at radius 1 is 1.28 bits per heavy atom. The Balaban J connectivity index is 2.34. The molecule has 1 heterocycles. The number of carbonyl (C=O) groups excluding carboxylic acids is 1. The maximum absolute atomic E-state index is 12.4. The number of allylic oxidation sites excluding steroid dienone is 2. The van der Waals surface area contributed by atoms with Crippen molar-refractivity contribution < 1.29 is 9.53 Å². The van der Waals surface area contributed by atoms with Crippen LogP contribution < -0.4 is 15.0 Å². The summed E-state index contributed by atoms with van der Waals surface area (Å²) in [7, 11) is 5.01. The predicted octanol–water partition coefficient (Wildman–Crippen LogP) is 4.85. The molecule has 0 aromatic heterocycles. The van der Waals surface area contributed by atoms with Crippen molar-refractivity contribution in [3.8, 4) is 5.75 Å². The maximum Gasteiger partial charge on any atom is 0.222 e. The monoisotopic (exact) mass is 452 g/mol. The quantitative estimate of drug-likeness (QED) is 0.681. The Morgan fingerprint density at radius 3 is 2.59 bits per heavy atom. The molecule has 32 heavy (non-hydrogen) atoms. The van der Waals surface area contributed by atoms with E-state index in [4.69, 9.17) is 21.3 Å². The Hall–Kier alpha value is -3.12. The third-order valence-electron chi connectivity index (χ3n) is 5.37. The number of fused-ring (bicyclic) bond motifs is 1. The summed E-state index contributed by atoms with van der Waals surface area (Å²) >= 11 is 6.14. The summed E-state index contributed by atoms with van der Waals surface area (Å²) < 4.78 is 5.53. The van der Waals surface area contributed by atoms with Crippen molar-refractivity contribution in [2.75, 3.05) is 26.1 Å². The van der Waals surface area contributed by atoms with Gasteiger partial charge in [-0.1, -0.05) is 36.7 Å². The van der Waals surface area contributed by atoms with Crippen LogP contribution in [0.3, 0.4) is 0 Å². The number of benzodiazepines with no additional fused rings is 1. The fourth-order valence-electron chi connectivity index (χ4n) is 3.84. The highest BCUT2D eigenvalue weighted by molar-refractivity contribution is 6.31. The number of nitrogens with one attached hydrogen (secondary N) is 1. The molecule has 168 valence electrons. The number of hydrogen-bond acceptors (Lipinski definition) is 4. The van der Waals surface area contributed by atoms with Crippen LogP contribution in [-0.2, 0) is 4.79 Å². The fraction of sp³-hybridized carbons (Fsp3) is 0.320. The Labute approximate surface area is 194 Å². The van der Waals surface area contributed by atoms with Gasteiger partial charge in [0.15, 0.2) is 0 Å². The molecule has 7 heteroatoms. The molecular weight excluding hydrogens is 424 g/mol. The predicted molar refractivity (Wildman–Crippen MR) is 132 cm³/mol. The summed E-state index contributed by atoms with van der Waals surface area (Å²) in [5.74, 6) is 1.34. The molecule has 2 aromatic rings. The van der Waals surface area contributed by atoms with E-state index >= 15 is 0 Å². The van der Waals surface area contributed by atoms with Gasteiger partial charge in [0, 0.05) is 35.9 Å². The summed E-state index contributed by atoms with van der Waals surface area (Å²) in [6.45, 7) is 4.14. The summed E-state index contributed by atoms with van der Waals surface area (Å²) in [6.07, 6.45) is 3.19. The molecule has 1 aliphatic rings. The van der Waals surface area contributed by atoms with Gasteiger partial charge in [-0.25, -0.2) is 0 Å². The van der Waals surface area contributed by atoms with Gasteiger partial charge in [0.05, 0.1) is 24.9 Å². The van der Waals surface area contributed by atoms with Crippen LogP contribution in [0.5, 0.6) is 5.75 Å². The summed E-state index contributed by atoms with van der Waals surface area (Å²) in [6, 6.07) is 13.0. The molecule has 0 saturated heterocycles. The van der Waals surface area contributed by atoms with Crippen molar-refractivity contribution in [1.82, 2.24) is 5.32 Å². The fourth-order valence-corrected chi connectivity index (χ4v) is 3.97. The van der Waals surface area contributed by atoms with E-state index in [-0.39, 0.29) is 12.3 Å². The topological polar surface area (TPSA) is 66.3 Å². The lowest BCUT2D eigenvalue weighted by molar-refractivity contribution is -0.120. The molecule has 6 nitrogen and oxygen atoms in total. The zero-order valence-corrected chi connectivity index (χ0v) is 19.9. The minimum atomic E-state index is -0.468. The maximum atomic E-state index is 12.4. The van der Waals surface area contributed by atoms with E-state index in [2.05, 4.69) is 28.2 Å². The van der Waals surface area contributed by atoms with Gasteiger partial charge in [0.2, 0.25) is 5.91 Å². The number of hydrogen-bond donors (Lipinski definition) is 1. The number of anilines is 1. The molecule has 0 spiro atoms. The zero-order chi connectivity index (χ0) is 23.3. The molecule has 2 aromatic carbocycles. The SMILES string of the molecule is CCC=C(C)N1C(=NC)C(CC(=O)NC)N=C(c2ccc(Cl)cc2)c2cc(OC)ccc21. The van der Waals surface area contributed by atoms with Crippen molar-refractivity contribution >= 4 is 34.7 Å². The molecule has 1 N–H and O–H groups in total. The average molecular weight is 453 g/mol. The average Bonchev–Trinajstić information content (AvgIpc) is 2.93. The zero-order valence-electron chi connectivity index (χ0n) is 19.1. The number of halogens is 1. The first kappa shape index (κ1) is 23.5. The first-order valence-electron chi connectivity index (χ1n) is 10.6. The van der Waals surface area contributed by atoms with Gasteiger partial charge >= 0.3 is 0 Å². The third-order valence-corrected chi connectivity index (χ3v) is 5.62. The van der Waals surface area contributed by atoms with E-state index in [0.29, 0.717) is 10.9 Å².